The van der Waals surface area contributed by atoms with E-state index in [0.717, 1.165) is 0 Å². The van der Waals surface area contributed by atoms with Crippen molar-refractivity contribution in [2.75, 3.05) is 18.6 Å². The summed E-state index contributed by atoms with van der Waals surface area (Å²) in [7, 11) is 1.49. The molecule has 5 nitrogen and oxygen atoms in total. The van der Waals surface area contributed by atoms with E-state index < -0.39 is 17.6 Å². The third kappa shape index (κ3) is 3.79. The van der Waals surface area contributed by atoms with Gasteiger partial charge in [0.25, 0.3) is 0 Å². The zero-order valence-corrected chi connectivity index (χ0v) is 16.4. The Morgan fingerprint density at radius 1 is 1.24 bits per heavy atom. The summed E-state index contributed by atoms with van der Waals surface area (Å²) in [6.45, 7) is 0.187. The van der Waals surface area contributed by atoms with E-state index in [1.54, 1.807) is 18.2 Å². The van der Waals surface area contributed by atoms with Gasteiger partial charge in [-0.15, -0.1) is 0 Å². The number of amides is 2. The minimum absolute atomic E-state index is 0.00517. The van der Waals surface area contributed by atoms with Gasteiger partial charge in [-0.1, -0.05) is 17.7 Å². The van der Waals surface area contributed by atoms with Crippen molar-refractivity contribution in [2.45, 2.75) is 24.8 Å². The van der Waals surface area contributed by atoms with Crippen molar-refractivity contribution in [2.24, 2.45) is 5.92 Å². The highest BCUT2D eigenvalue weighted by Crippen LogP contribution is 2.43. The second kappa shape index (κ2) is 7.63. The Hall–Kier alpha value is -2.67. The molecule has 2 amide bonds. The van der Waals surface area contributed by atoms with Gasteiger partial charge in [-0.2, -0.15) is 0 Å². The molecular formula is C21H19ClF2N2O3. The van der Waals surface area contributed by atoms with Crippen molar-refractivity contribution in [1.29, 1.82) is 0 Å². The van der Waals surface area contributed by atoms with Crippen LogP contribution in [0.1, 0.15) is 24.3 Å². The maximum atomic E-state index is 13.9. The molecule has 0 spiro atoms. The number of anilines is 1. The topological polar surface area (TPSA) is 58.6 Å². The number of carbonyl (C=O) groups is 2. The molecule has 1 aliphatic heterocycles. The number of carbonyl (C=O) groups excluding carboxylic acids is 2. The van der Waals surface area contributed by atoms with Crippen molar-refractivity contribution in [3.63, 3.8) is 0 Å². The fraction of sp³-hybridized carbons (Fsp3) is 0.333. The van der Waals surface area contributed by atoms with Gasteiger partial charge in [0, 0.05) is 35.5 Å². The lowest BCUT2D eigenvalue weighted by atomic mass is 10.1. The highest BCUT2D eigenvalue weighted by Gasteiger charge is 2.45. The van der Waals surface area contributed by atoms with Crippen LogP contribution in [0.5, 0.6) is 5.75 Å². The third-order valence-corrected chi connectivity index (χ3v) is 5.65. The van der Waals surface area contributed by atoms with Crippen molar-refractivity contribution in [1.82, 2.24) is 5.32 Å². The molecule has 1 aliphatic carbocycles. The first-order valence-electron chi connectivity index (χ1n) is 9.27. The summed E-state index contributed by atoms with van der Waals surface area (Å²) in [6.07, 6.45) is 0.517. The lowest BCUT2D eigenvalue weighted by Crippen LogP contribution is -2.35. The van der Waals surface area contributed by atoms with E-state index in [1.807, 2.05) is 0 Å². The number of nitrogens with one attached hydrogen (secondary N) is 1. The number of hydrogen-bond donors (Lipinski definition) is 1. The summed E-state index contributed by atoms with van der Waals surface area (Å²) in [5, 5.41) is 3.28. The minimum Gasteiger partial charge on any atom is -0.495 e. The molecule has 1 N–H and O–H groups in total. The van der Waals surface area contributed by atoms with Gasteiger partial charge in [0.05, 0.1) is 18.7 Å². The van der Waals surface area contributed by atoms with Crippen LogP contribution in [0.2, 0.25) is 5.02 Å². The molecule has 3 atom stereocenters. The first-order chi connectivity index (χ1) is 13.9. The Labute approximate surface area is 171 Å². The molecule has 1 heterocycles. The number of rotatable bonds is 5. The summed E-state index contributed by atoms with van der Waals surface area (Å²) >= 11 is 6.04. The number of methoxy groups -OCH3 is 1. The molecule has 2 aromatic carbocycles. The molecule has 2 aliphatic rings. The highest BCUT2D eigenvalue weighted by molar-refractivity contribution is 6.31. The SMILES string of the molecule is COc1ccc(Cl)cc1N1C[C@H](C(=O)N[C@H]2C[C@@H]2c2c(F)cccc2F)CC1=O. The molecule has 152 valence electrons. The summed E-state index contributed by atoms with van der Waals surface area (Å²) < 4.78 is 33.1. The number of halogens is 3. The molecule has 0 radical (unpaired) electrons. The second-order valence-electron chi connectivity index (χ2n) is 7.31. The molecule has 8 heteroatoms. The van der Waals surface area contributed by atoms with Gasteiger partial charge in [0.15, 0.2) is 0 Å². The van der Waals surface area contributed by atoms with Crippen molar-refractivity contribution in [3.05, 3.63) is 58.6 Å². The molecule has 1 saturated carbocycles. The van der Waals surface area contributed by atoms with Gasteiger partial charge in [-0.25, -0.2) is 8.78 Å². The van der Waals surface area contributed by atoms with Crippen LogP contribution < -0.4 is 15.0 Å². The van der Waals surface area contributed by atoms with E-state index in [4.69, 9.17) is 16.3 Å². The minimum atomic E-state index is -0.609. The van der Waals surface area contributed by atoms with E-state index in [-0.39, 0.29) is 42.3 Å². The van der Waals surface area contributed by atoms with E-state index in [0.29, 0.717) is 22.9 Å². The maximum absolute atomic E-state index is 13.9. The average molecular weight is 421 g/mol. The number of ether oxygens (including phenoxy) is 1. The van der Waals surface area contributed by atoms with E-state index >= 15 is 0 Å². The Balaban J connectivity index is 1.43. The molecular weight excluding hydrogens is 402 g/mol. The van der Waals surface area contributed by atoms with E-state index in [9.17, 15) is 18.4 Å². The number of nitrogens with zero attached hydrogens (tertiary/aromatic N) is 1. The van der Waals surface area contributed by atoms with Crippen LogP contribution in [0.25, 0.3) is 0 Å². The van der Waals surface area contributed by atoms with Crippen LogP contribution in [0, 0.1) is 17.6 Å². The molecule has 1 saturated heterocycles. The predicted molar refractivity (Wildman–Crippen MR) is 104 cm³/mol. The van der Waals surface area contributed by atoms with Crippen LogP contribution >= 0.6 is 11.6 Å². The monoisotopic (exact) mass is 420 g/mol. The first-order valence-corrected chi connectivity index (χ1v) is 9.65. The lowest BCUT2D eigenvalue weighted by Gasteiger charge is -2.20. The Morgan fingerprint density at radius 2 is 1.97 bits per heavy atom. The largest absolute Gasteiger partial charge is 0.495 e. The van der Waals surface area contributed by atoms with Crippen LogP contribution in [0.4, 0.5) is 14.5 Å². The van der Waals surface area contributed by atoms with Gasteiger partial charge in [0.2, 0.25) is 11.8 Å². The van der Waals surface area contributed by atoms with E-state index in [2.05, 4.69) is 5.32 Å². The molecule has 0 bridgehead atoms. The van der Waals surface area contributed by atoms with Crippen LogP contribution in [-0.2, 0) is 9.59 Å². The van der Waals surface area contributed by atoms with Gasteiger partial charge in [-0.05, 0) is 36.8 Å². The lowest BCUT2D eigenvalue weighted by molar-refractivity contribution is -0.126. The molecule has 4 rings (SSSR count). The predicted octanol–water partition coefficient (Wildman–Crippen LogP) is 3.65. The van der Waals surface area contributed by atoms with Crippen molar-refractivity contribution < 1.29 is 23.1 Å². The Bertz CT molecular complexity index is 964. The van der Waals surface area contributed by atoms with E-state index in [1.165, 1.54) is 30.2 Å². The van der Waals surface area contributed by atoms with Gasteiger partial charge in [-0.3, -0.25) is 9.59 Å². The fourth-order valence-electron chi connectivity index (χ4n) is 3.83. The normalized spacial score (nSPS) is 23.2. The molecule has 0 aromatic heterocycles. The van der Waals surface area contributed by atoms with Crippen molar-refractivity contribution >= 4 is 29.1 Å². The Morgan fingerprint density at radius 3 is 2.66 bits per heavy atom. The quantitative estimate of drug-likeness (QED) is 0.803. The zero-order chi connectivity index (χ0) is 20.7. The van der Waals surface area contributed by atoms with Gasteiger partial charge in [0.1, 0.15) is 17.4 Å². The van der Waals surface area contributed by atoms with Crippen molar-refractivity contribution in [3.8, 4) is 5.75 Å². The zero-order valence-electron chi connectivity index (χ0n) is 15.6. The third-order valence-electron chi connectivity index (χ3n) is 5.42. The average Bonchev–Trinajstić information content (AvgIpc) is 3.30. The number of hydrogen-bond acceptors (Lipinski definition) is 3. The van der Waals surface area contributed by atoms with Crippen LogP contribution in [0.15, 0.2) is 36.4 Å². The van der Waals surface area contributed by atoms with Gasteiger partial charge >= 0.3 is 0 Å². The van der Waals surface area contributed by atoms with Crippen LogP contribution in [-0.4, -0.2) is 31.5 Å². The smallest absolute Gasteiger partial charge is 0.227 e. The summed E-state index contributed by atoms with van der Waals surface area (Å²) in [4.78, 5) is 26.6. The number of benzene rings is 2. The Kier molecular flexibility index (Phi) is 5.17. The summed E-state index contributed by atoms with van der Waals surface area (Å²) in [5.41, 5.74) is 0.517. The van der Waals surface area contributed by atoms with Crippen LogP contribution in [0.3, 0.4) is 0 Å². The fourth-order valence-corrected chi connectivity index (χ4v) is 4.00. The molecule has 2 aromatic rings. The second-order valence-corrected chi connectivity index (χ2v) is 7.75. The molecule has 29 heavy (non-hydrogen) atoms. The summed E-state index contributed by atoms with van der Waals surface area (Å²) in [6, 6.07) is 8.34. The summed E-state index contributed by atoms with van der Waals surface area (Å²) in [5.74, 6) is -2.19. The molecule has 0 unspecified atom stereocenters. The maximum Gasteiger partial charge on any atom is 0.227 e. The van der Waals surface area contributed by atoms with Gasteiger partial charge < -0.3 is 15.0 Å². The first kappa shape index (κ1) is 19.6. The molecule has 2 fully saturated rings. The highest BCUT2D eigenvalue weighted by atomic mass is 35.5. The standard InChI is InChI=1S/C21H19ClF2N2O3/c1-29-18-6-5-12(22)8-17(18)26-10-11(7-19(26)27)21(28)25-16-9-13(16)20-14(23)3-2-4-15(20)24/h2-6,8,11,13,16H,7,9-10H2,1H3,(H,25,28)/t11-,13+,16+/m1/s1.